The second-order valence-electron chi connectivity index (χ2n) is 3.67. The molecule has 4 nitrogen and oxygen atoms in total. The fraction of sp³-hybridized carbons (Fsp3) is 0.500. The molecule has 0 aliphatic carbocycles. The van der Waals surface area contributed by atoms with E-state index in [9.17, 15) is 4.79 Å². The fourth-order valence-electron chi connectivity index (χ4n) is 1.37. The van der Waals surface area contributed by atoms with Crippen molar-refractivity contribution < 1.29 is 4.79 Å². The van der Waals surface area contributed by atoms with Crippen molar-refractivity contribution in [3.63, 3.8) is 0 Å². The molecule has 3 N–H and O–H groups in total. The molecule has 5 heteroatoms. The van der Waals surface area contributed by atoms with Gasteiger partial charge in [0.25, 0.3) is 0 Å². The molecule has 1 fully saturated rings. The van der Waals surface area contributed by atoms with E-state index < -0.39 is 0 Å². The summed E-state index contributed by atoms with van der Waals surface area (Å²) in [5.74, 6) is 0.609. The first-order valence-corrected chi connectivity index (χ1v) is 5.97. The van der Waals surface area contributed by atoms with Crippen molar-refractivity contribution in [2.24, 2.45) is 5.92 Å². The van der Waals surface area contributed by atoms with E-state index in [2.05, 4.69) is 16.0 Å². The van der Waals surface area contributed by atoms with E-state index in [1.165, 1.54) is 4.88 Å². The van der Waals surface area contributed by atoms with Crippen LogP contribution < -0.4 is 16.0 Å². The molecule has 0 unspecified atom stereocenters. The van der Waals surface area contributed by atoms with Gasteiger partial charge in [-0.15, -0.1) is 11.3 Å². The molecule has 1 aliphatic heterocycles. The Morgan fingerprint density at radius 2 is 2.40 bits per heavy atom. The topological polar surface area (TPSA) is 53.2 Å². The minimum Gasteiger partial charge on any atom is -0.338 e. The molecule has 2 heterocycles. The number of rotatable bonds is 4. The second kappa shape index (κ2) is 5.14. The third-order valence-corrected chi connectivity index (χ3v) is 3.30. The van der Waals surface area contributed by atoms with Crippen molar-refractivity contribution >= 4 is 17.4 Å². The smallest absolute Gasteiger partial charge is 0.315 e. The Labute approximate surface area is 93.1 Å². The van der Waals surface area contributed by atoms with Crippen LogP contribution in [0.1, 0.15) is 4.88 Å². The maximum atomic E-state index is 11.3. The summed E-state index contributed by atoms with van der Waals surface area (Å²) < 4.78 is 0. The number of thiophene rings is 1. The number of carbonyl (C=O) groups excluding carboxylic acids is 1. The summed E-state index contributed by atoms with van der Waals surface area (Å²) in [7, 11) is 0. The standard InChI is InChI=1S/C10H15N3OS/c14-10(12-6-8-4-11-5-8)13-7-9-2-1-3-15-9/h1-3,8,11H,4-7H2,(H2,12,13,14). The minimum atomic E-state index is -0.0738. The van der Waals surface area contributed by atoms with Crippen LogP contribution in [0.25, 0.3) is 0 Å². The van der Waals surface area contributed by atoms with Crippen LogP contribution in [-0.2, 0) is 6.54 Å². The molecule has 1 aliphatic rings. The first kappa shape index (κ1) is 10.4. The monoisotopic (exact) mass is 225 g/mol. The highest BCUT2D eigenvalue weighted by Crippen LogP contribution is 2.07. The van der Waals surface area contributed by atoms with E-state index >= 15 is 0 Å². The largest absolute Gasteiger partial charge is 0.338 e. The van der Waals surface area contributed by atoms with Gasteiger partial charge in [0, 0.05) is 30.4 Å². The van der Waals surface area contributed by atoms with Gasteiger partial charge in [-0.3, -0.25) is 0 Å². The molecule has 2 rings (SSSR count). The molecule has 0 bridgehead atoms. The zero-order valence-electron chi connectivity index (χ0n) is 8.45. The Morgan fingerprint density at radius 1 is 1.53 bits per heavy atom. The van der Waals surface area contributed by atoms with E-state index in [1.807, 2.05) is 17.5 Å². The molecule has 82 valence electrons. The first-order chi connectivity index (χ1) is 7.34. The molecule has 1 saturated heterocycles. The van der Waals surface area contributed by atoms with Crippen LogP contribution >= 0.6 is 11.3 Å². The van der Waals surface area contributed by atoms with Crippen LogP contribution in [0.3, 0.4) is 0 Å². The van der Waals surface area contributed by atoms with Gasteiger partial charge in [-0.1, -0.05) is 6.07 Å². The molecule has 0 radical (unpaired) electrons. The van der Waals surface area contributed by atoms with Crippen LogP contribution in [0.5, 0.6) is 0 Å². The molecule has 2 amide bonds. The average Bonchev–Trinajstić information content (AvgIpc) is 2.64. The molecular formula is C10H15N3OS. The predicted molar refractivity (Wildman–Crippen MR) is 60.9 cm³/mol. The average molecular weight is 225 g/mol. The Kier molecular flexibility index (Phi) is 3.58. The van der Waals surface area contributed by atoms with Gasteiger partial charge in [0.2, 0.25) is 0 Å². The number of carbonyl (C=O) groups is 1. The van der Waals surface area contributed by atoms with E-state index in [4.69, 9.17) is 0 Å². The summed E-state index contributed by atoms with van der Waals surface area (Å²) in [5, 5.41) is 10.9. The van der Waals surface area contributed by atoms with E-state index in [-0.39, 0.29) is 6.03 Å². The molecule has 1 aromatic heterocycles. The van der Waals surface area contributed by atoms with Crippen LogP contribution in [0.2, 0.25) is 0 Å². The first-order valence-electron chi connectivity index (χ1n) is 5.09. The molecule has 0 atom stereocenters. The van der Waals surface area contributed by atoms with Gasteiger partial charge < -0.3 is 16.0 Å². The molecule has 0 spiro atoms. The predicted octanol–water partition coefficient (Wildman–Crippen LogP) is 0.767. The lowest BCUT2D eigenvalue weighted by molar-refractivity contribution is 0.235. The van der Waals surface area contributed by atoms with Crippen molar-refractivity contribution in [2.75, 3.05) is 19.6 Å². The van der Waals surface area contributed by atoms with E-state index in [0.29, 0.717) is 12.5 Å². The summed E-state index contributed by atoms with van der Waals surface area (Å²) in [5.41, 5.74) is 0. The fourth-order valence-corrected chi connectivity index (χ4v) is 2.02. The lowest BCUT2D eigenvalue weighted by Crippen LogP contribution is -2.49. The number of urea groups is 1. The highest BCUT2D eigenvalue weighted by atomic mass is 32.1. The molecule has 15 heavy (non-hydrogen) atoms. The van der Waals surface area contributed by atoms with Gasteiger partial charge in [0.15, 0.2) is 0 Å². The van der Waals surface area contributed by atoms with Crippen molar-refractivity contribution in [3.8, 4) is 0 Å². The zero-order chi connectivity index (χ0) is 10.5. The Bertz CT molecular complexity index is 308. The normalized spacial score (nSPS) is 15.7. The highest BCUT2D eigenvalue weighted by molar-refractivity contribution is 7.09. The molecule has 1 aromatic rings. The Balaban J connectivity index is 1.60. The lowest BCUT2D eigenvalue weighted by Gasteiger charge is -2.27. The Hall–Kier alpha value is -1.07. The van der Waals surface area contributed by atoms with Gasteiger partial charge in [-0.05, 0) is 11.4 Å². The summed E-state index contributed by atoms with van der Waals surface area (Å²) in [6, 6.07) is 3.93. The SMILES string of the molecule is O=C(NCc1cccs1)NCC1CNC1. The number of hydrogen-bond acceptors (Lipinski definition) is 3. The summed E-state index contributed by atoms with van der Waals surface area (Å²) in [6.45, 7) is 3.42. The summed E-state index contributed by atoms with van der Waals surface area (Å²) >= 11 is 1.65. The van der Waals surface area contributed by atoms with Crippen LogP contribution in [0.15, 0.2) is 17.5 Å². The quantitative estimate of drug-likeness (QED) is 0.709. The third-order valence-electron chi connectivity index (χ3n) is 2.42. The number of nitrogens with one attached hydrogen (secondary N) is 3. The lowest BCUT2D eigenvalue weighted by atomic mass is 10.0. The van der Waals surface area contributed by atoms with Gasteiger partial charge in [0.1, 0.15) is 0 Å². The zero-order valence-corrected chi connectivity index (χ0v) is 9.27. The van der Waals surface area contributed by atoms with Crippen molar-refractivity contribution in [2.45, 2.75) is 6.54 Å². The number of amides is 2. The summed E-state index contributed by atoms with van der Waals surface area (Å²) in [6.07, 6.45) is 0. The van der Waals surface area contributed by atoms with Crippen molar-refractivity contribution in [1.82, 2.24) is 16.0 Å². The van der Waals surface area contributed by atoms with Crippen LogP contribution in [0.4, 0.5) is 4.79 Å². The minimum absolute atomic E-state index is 0.0738. The Morgan fingerprint density at radius 3 is 3.00 bits per heavy atom. The van der Waals surface area contributed by atoms with Gasteiger partial charge in [-0.2, -0.15) is 0 Å². The van der Waals surface area contributed by atoms with Crippen LogP contribution in [-0.4, -0.2) is 25.7 Å². The highest BCUT2D eigenvalue weighted by Gasteiger charge is 2.16. The van der Waals surface area contributed by atoms with E-state index in [1.54, 1.807) is 11.3 Å². The maximum absolute atomic E-state index is 11.3. The number of hydrogen-bond donors (Lipinski definition) is 3. The van der Waals surface area contributed by atoms with Crippen LogP contribution in [0, 0.1) is 5.92 Å². The molecule has 0 saturated carbocycles. The molecular weight excluding hydrogens is 210 g/mol. The second-order valence-corrected chi connectivity index (χ2v) is 4.70. The van der Waals surface area contributed by atoms with Gasteiger partial charge in [-0.25, -0.2) is 4.79 Å². The van der Waals surface area contributed by atoms with Crippen molar-refractivity contribution in [3.05, 3.63) is 22.4 Å². The van der Waals surface area contributed by atoms with Gasteiger partial charge in [0.05, 0.1) is 6.54 Å². The maximum Gasteiger partial charge on any atom is 0.315 e. The third kappa shape index (κ3) is 3.21. The summed E-state index contributed by atoms with van der Waals surface area (Å²) in [4.78, 5) is 12.5. The molecule has 0 aromatic carbocycles. The van der Waals surface area contributed by atoms with Crippen molar-refractivity contribution in [1.29, 1.82) is 0 Å². The van der Waals surface area contributed by atoms with E-state index in [0.717, 1.165) is 19.6 Å². The van der Waals surface area contributed by atoms with Gasteiger partial charge >= 0.3 is 6.03 Å².